The molecule has 1 fully saturated rings. The smallest absolute Gasteiger partial charge is 0.225 e. The number of hydrogen-bond donors (Lipinski definition) is 1. The van der Waals surface area contributed by atoms with Gasteiger partial charge in [-0.15, -0.1) is 5.10 Å². The van der Waals surface area contributed by atoms with Crippen LogP contribution in [-0.2, 0) is 11.3 Å². The van der Waals surface area contributed by atoms with Crippen LogP contribution in [-0.4, -0.2) is 33.6 Å². The van der Waals surface area contributed by atoms with Gasteiger partial charge in [0, 0.05) is 25.2 Å². The van der Waals surface area contributed by atoms with Crippen molar-refractivity contribution in [3.63, 3.8) is 0 Å². The molecular formula is C23H21F2N5OS. The van der Waals surface area contributed by atoms with Crippen molar-refractivity contribution in [3.05, 3.63) is 71.9 Å². The van der Waals surface area contributed by atoms with Gasteiger partial charge in [0.1, 0.15) is 11.6 Å². The largest absolute Gasteiger partial charge is 0.352 e. The molecule has 6 nitrogen and oxygen atoms in total. The Hall–Kier alpha value is -3.33. The van der Waals surface area contributed by atoms with E-state index in [0.29, 0.717) is 13.1 Å². The molecule has 1 atom stereocenters. The number of halogens is 2. The molecule has 2 aromatic carbocycles. The van der Waals surface area contributed by atoms with E-state index in [1.54, 1.807) is 28.8 Å². The first-order valence-corrected chi connectivity index (χ1v) is 11.3. The minimum atomic E-state index is -0.289. The lowest BCUT2D eigenvalue weighted by Gasteiger charge is -2.31. The van der Waals surface area contributed by atoms with Crippen molar-refractivity contribution in [2.24, 2.45) is 5.92 Å². The van der Waals surface area contributed by atoms with Crippen molar-refractivity contribution in [3.8, 4) is 11.3 Å². The zero-order valence-corrected chi connectivity index (χ0v) is 18.0. The summed E-state index contributed by atoms with van der Waals surface area (Å²) < 4.78 is 27.9. The van der Waals surface area contributed by atoms with Crippen LogP contribution < -0.4 is 10.2 Å². The van der Waals surface area contributed by atoms with E-state index in [-0.39, 0.29) is 23.5 Å². The Bertz CT molecular complexity index is 1200. The molecule has 0 saturated carbocycles. The van der Waals surface area contributed by atoms with Gasteiger partial charge in [-0.3, -0.25) is 4.79 Å². The van der Waals surface area contributed by atoms with E-state index in [2.05, 4.69) is 20.3 Å². The predicted molar refractivity (Wildman–Crippen MR) is 119 cm³/mol. The number of fused-ring (bicyclic) bond motifs is 1. The Kier molecular flexibility index (Phi) is 5.57. The molecule has 0 bridgehead atoms. The van der Waals surface area contributed by atoms with Crippen molar-refractivity contribution >= 4 is 27.3 Å². The van der Waals surface area contributed by atoms with Gasteiger partial charge in [0.15, 0.2) is 0 Å². The van der Waals surface area contributed by atoms with Gasteiger partial charge >= 0.3 is 0 Å². The van der Waals surface area contributed by atoms with Crippen LogP contribution in [0.15, 0.2) is 54.7 Å². The first kappa shape index (κ1) is 20.6. The molecular weight excluding hydrogens is 432 g/mol. The van der Waals surface area contributed by atoms with Crippen molar-refractivity contribution in [1.82, 2.24) is 19.9 Å². The van der Waals surface area contributed by atoms with Crippen LogP contribution in [0.2, 0.25) is 0 Å². The van der Waals surface area contributed by atoms with Crippen LogP contribution in [0.25, 0.3) is 16.2 Å². The topological polar surface area (TPSA) is 62.5 Å². The van der Waals surface area contributed by atoms with Crippen LogP contribution in [0, 0.1) is 17.6 Å². The van der Waals surface area contributed by atoms with Gasteiger partial charge in [0.05, 0.1) is 17.8 Å². The number of rotatable bonds is 5. The number of amides is 1. The Balaban J connectivity index is 1.24. The Labute approximate surface area is 187 Å². The van der Waals surface area contributed by atoms with E-state index in [1.165, 1.54) is 35.6 Å². The summed E-state index contributed by atoms with van der Waals surface area (Å²) in [5.41, 5.74) is 2.44. The summed E-state index contributed by atoms with van der Waals surface area (Å²) in [4.78, 5) is 20.2. The fourth-order valence-electron chi connectivity index (χ4n) is 3.88. The number of aromatic nitrogens is 3. The molecule has 32 heavy (non-hydrogen) atoms. The predicted octanol–water partition coefficient (Wildman–Crippen LogP) is 4.27. The van der Waals surface area contributed by atoms with Crippen LogP contribution in [0.5, 0.6) is 0 Å². The van der Waals surface area contributed by atoms with Gasteiger partial charge in [-0.2, -0.15) is 0 Å². The SMILES string of the molecule is O=C(NCc1ccc(F)cc1)C1CCCN(c2nn3cc(-c4ccc(F)cc4)nc3s2)C1. The molecule has 0 aliphatic carbocycles. The zero-order chi connectivity index (χ0) is 22.1. The van der Waals surface area contributed by atoms with Gasteiger partial charge in [-0.1, -0.05) is 23.5 Å². The number of nitrogens with one attached hydrogen (secondary N) is 1. The van der Waals surface area contributed by atoms with E-state index in [0.717, 1.165) is 46.3 Å². The molecule has 0 radical (unpaired) electrons. The molecule has 2 aromatic heterocycles. The number of carbonyl (C=O) groups excluding carboxylic acids is 1. The molecule has 1 amide bonds. The normalized spacial score (nSPS) is 16.4. The average molecular weight is 454 g/mol. The van der Waals surface area contributed by atoms with Gasteiger partial charge in [0.2, 0.25) is 16.0 Å². The van der Waals surface area contributed by atoms with E-state index >= 15 is 0 Å². The second-order valence-corrected chi connectivity index (χ2v) is 8.81. The van der Waals surface area contributed by atoms with Gasteiger partial charge in [-0.25, -0.2) is 18.3 Å². The minimum absolute atomic E-state index is 0.000968. The Morgan fingerprint density at radius 1 is 1.09 bits per heavy atom. The maximum atomic E-state index is 13.2. The van der Waals surface area contributed by atoms with Gasteiger partial charge < -0.3 is 10.2 Å². The number of piperidine rings is 1. The number of carbonyl (C=O) groups is 1. The highest BCUT2D eigenvalue weighted by atomic mass is 32.1. The summed E-state index contributed by atoms with van der Waals surface area (Å²) in [6.45, 7) is 1.81. The molecule has 1 saturated heterocycles. The van der Waals surface area contributed by atoms with Crippen LogP contribution in [0.4, 0.5) is 13.9 Å². The Morgan fingerprint density at radius 2 is 1.81 bits per heavy atom. The zero-order valence-electron chi connectivity index (χ0n) is 17.2. The van der Waals surface area contributed by atoms with E-state index in [4.69, 9.17) is 0 Å². The molecule has 1 aliphatic heterocycles. The number of hydrogen-bond acceptors (Lipinski definition) is 5. The van der Waals surface area contributed by atoms with Crippen molar-refractivity contribution in [2.45, 2.75) is 19.4 Å². The third-order valence-corrected chi connectivity index (χ3v) is 6.60. The molecule has 9 heteroatoms. The quantitative estimate of drug-likeness (QED) is 0.490. The lowest BCUT2D eigenvalue weighted by Crippen LogP contribution is -2.43. The van der Waals surface area contributed by atoms with Crippen LogP contribution >= 0.6 is 11.3 Å². The maximum Gasteiger partial charge on any atom is 0.225 e. The van der Waals surface area contributed by atoms with E-state index in [9.17, 15) is 13.6 Å². The summed E-state index contributed by atoms with van der Waals surface area (Å²) in [6, 6.07) is 12.4. The molecule has 1 aliphatic rings. The number of imidazole rings is 1. The van der Waals surface area contributed by atoms with Crippen LogP contribution in [0.3, 0.4) is 0 Å². The lowest BCUT2D eigenvalue weighted by atomic mass is 9.97. The van der Waals surface area contributed by atoms with Gasteiger partial charge in [0.25, 0.3) is 0 Å². The lowest BCUT2D eigenvalue weighted by molar-refractivity contribution is -0.125. The van der Waals surface area contributed by atoms with E-state index in [1.807, 2.05) is 6.20 Å². The third kappa shape index (κ3) is 4.34. The summed E-state index contributed by atoms with van der Waals surface area (Å²) in [7, 11) is 0. The summed E-state index contributed by atoms with van der Waals surface area (Å²) >= 11 is 1.47. The third-order valence-electron chi connectivity index (χ3n) is 5.62. The van der Waals surface area contributed by atoms with Crippen molar-refractivity contribution < 1.29 is 13.6 Å². The maximum absolute atomic E-state index is 13.2. The average Bonchev–Trinajstić information content (AvgIpc) is 3.39. The highest BCUT2D eigenvalue weighted by molar-refractivity contribution is 7.20. The highest BCUT2D eigenvalue weighted by Crippen LogP contribution is 2.30. The van der Waals surface area contributed by atoms with E-state index < -0.39 is 0 Å². The molecule has 5 rings (SSSR count). The standard InChI is InChI=1S/C23H21F2N5OS/c24-18-7-3-15(4-8-18)12-26-21(31)17-2-1-11-29(13-17)23-28-30-14-20(27-22(30)32-23)16-5-9-19(25)10-6-16/h3-10,14,17H,1-2,11-13H2,(H,26,31). The number of benzene rings is 2. The number of anilines is 1. The molecule has 4 aromatic rings. The van der Waals surface area contributed by atoms with Gasteiger partial charge in [-0.05, 0) is 54.8 Å². The Morgan fingerprint density at radius 3 is 2.53 bits per heavy atom. The first-order chi connectivity index (χ1) is 15.5. The molecule has 164 valence electrons. The fourth-order valence-corrected chi connectivity index (χ4v) is 4.80. The molecule has 0 spiro atoms. The molecule has 1 unspecified atom stereocenters. The summed E-state index contributed by atoms with van der Waals surface area (Å²) in [5, 5.41) is 8.44. The molecule has 3 heterocycles. The summed E-state index contributed by atoms with van der Waals surface area (Å²) in [6.07, 6.45) is 3.56. The minimum Gasteiger partial charge on any atom is -0.352 e. The highest BCUT2D eigenvalue weighted by Gasteiger charge is 2.27. The summed E-state index contributed by atoms with van der Waals surface area (Å²) in [5.74, 6) is -0.701. The number of nitrogens with zero attached hydrogens (tertiary/aromatic N) is 4. The monoisotopic (exact) mass is 453 g/mol. The second kappa shape index (κ2) is 8.66. The second-order valence-electron chi connectivity index (χ2n) is 7.87. The first-order valence-electron chi connectivity index (χ1n) is 10.4. The van der Waals surface area contributed by atoms with Crippen LogP contribution in [0.1, 0.15) is 18.4 Å². The fraction of sp³-hybridized carbons (Fsp3) is 0.261. The molecule has 1 N–H and O–H groups in total. The van der Waals surface area contributed by atoms with Crippen molar-refractivity contribution in [2.75, 3.05) is 18.0 Å². The van der Waals surface area contributed by atoms with Crippen molar-refractivity contribution in [1.29, 1.82) is 0 Å².